The van der Waals surface area contributed by atoms with Crippen molar-refractivity contribution in [3.63, 3.8) is 0 Å². The summed E-state index contributed by atoms with van der Waals surface area (Å²) < 4.78 is 6.43. The Morgan fingerprint density at radius 1 is 1.39 bits per heavy atom. The van der Waals surface area contributed by atoms with Crippen molar-refractivity contribution in [1.82, 2.24) is 10.3 Å². The van der Waals surface area contributed by atoms with Gasteiger partial charge >= 0.3 is 0 Å². The van der Waals surface area contributed by atoms with Crippen molar-refractivity contribution in [2.75, 3.05) is 20.3 Å². The Bertz CT molecular complexity index is 450. The van der Waals surface area contributed by atoms with Crippen LogP contribution < -0.4 is 5.32 Å². The number of hydrogen-bond donors (Lipinski definition) is 1. The Balaban J connectivity index is 2.05. The van der Waals surface area contributed by atoms with Gasteiger partial charge in [0.15, 0.2) is 0 Å². The van der Waals surface area contributed by atoms with Crippen LogP contribution in [0.1, 0.15) is 18.4 Å². The Kier molecular flexibility index (Phi) is 5.11. The Hall–Kier alpha value is -0.970. The maximum Gasteiger partial charge on any atom is 0.0954 e. The standard InChI is InChI=1S/C14H20N2OS/c1-3-15-11(8-9-17-2)10-14-16-12-6-4-5-7-13(12)18-14/h4-7,11,15H,3,8-10H2,1-2H3. The average Bonchev–Trinajstić information content (AvgIpc) is 2.78. The number of aromatic nitrogens is 1. The smallest absolute Gasteiger partial charge is 0.0954 e. The predicted octanol–water partition coefficient (Wildman–Crippen LogP) is 2.85. The van der Waals surface area contributed by atoms with E-state index < -0.39 is 0 Å². The van der Waals surface area contributed by atoms with E-state index in [-0.39, 0.29) is 0 Å². The molecule has 0 aliphatic heterocycles. The highest BCUT2D eigenvalue weighted by atomic mass is 32.1. The molecule has 2 aromatic rings. The van der Waals surface area contributed by atoms with Crippen LogP contribution in [0.2, 0.25) is 0 Å². The lowest BCUT2D eigenvalue weighted by atomic mass is 10.1. The van der Waals surface area contributed by atoms with E-state index in [4.69, 9.17) is 4.74 Å². The minimum Gasteiger partial charge on any atom is -0.385 e. The number of para-hydroxylation sites is 1. The summed E-state index contributed by atoms with van der Waals surface area (Å²) in [6, 6.07) is 8.77. The number of methoxy groups -OCH3 is 1. The van der Waals surface area contributed by atoms with Gasteiger partial charge in [-0.1, -0.05) is 19.1 Å². The summed E-state index contributed by atoms with van der Waals surface area (Å²) in [5, 5.41) is 4.70. The fourth-order valence-electron chi connectivity index (χ4n) is 2.04. The van der Waals surface area contributed by atoms with Gasteiger partial charge in [-0.25, -0.2) is 4.98 Å². The molecular formula is C14H20N2OS. The van der Waals surface area contributed by atoms with Gasteiger partial charge in [-0.3, -0.25) is 0 Å². The van der Waals surface area contributed by atoms with Gasteiger partial charge in [-0.05, 0) is 25.1 Å². The second-order valence-electron chi connectivity index (χ2n) is 4.32. The fourth-order valence-corrected chi connectivity index (χ4v) is 3.09. The molecule has 0 fully saturated rings. The van der Waals surface area contributed by atoms with Crippen molar-refractivity contribution in [1.29, 1.82) is 0 Å². The van der Waals surface area contributed by atoms with E-state index in [1.807, 2.05) is 6.07 Å². The summed E-state index contributed by atoms with van der Waals surface area (Å²) in [7, 11) is 1.75. The number of nitrogens with zero attached hydrogens (tertiary/aromatic N) is 1. The summed E-state index contributed by atoms with van der Waals surface area (Å²) in [6.07, 6.45) is 2.01. The third-order valence-corrected chi connectivity index (χ3v) is 3.98. The number of thiazole rings is 1. The molecule has 1 atom stereocenters. The molecule has 0 aliphatic carbocycles. The summed E-state index contributed by atoms with van der Waals surface area (Å²) in [5.41, 5.74) is 1.11. The van der Waals surface area contributed by atoms with Crippen molar-refractivity contribution >= 4 is 21.6 Å². The van der Waals surface area contributed by atoms with E-state index in [1.54, 1.807) is 18.4 Å². The van der Waals surface area contributed by atoms with Crippen molar-refractivity contribution in [3.8, 4) is 0 Å². The molecule has 1 N–H and O–H groups in total. The summed E-state index contributed by atoms with van der Waals surface area (Å²) in [4.78, 5) is 4.68. The molecule has 1 aromatic heterocycles. The van der Waals surface area contributed by atoms with E-state index >= 15 is 0 Å². The largest absolute Gasteiger partial charge is 0.385 e. The molecule has 0 radical (unpaired) electrons. The van der Waals surface area contributed by atoms with Gasteiger partial charge < -0.3 is 10.1 Å². The lowest BCUT2D eigenvalue weighted by Gasteiger charge is -2.15. The second kappa shape index (κ2) is 6.83. The lowest BCUT2D eigenvalue weighted by molar-refractivity contribution is 0.183. The first-order chi connectivity index (χ1) is 8.83. The van der Waals surface area contributed by atoms with Gasteiger partial charge in [-0.15, -0.1) is 11.3 Å². The highest BCUT2D eigenvalue weighted by Crippen LogP contribution is 2.22. The van der Waals surface area contributed by atoms with Gasteiger partial charge in [0.25, 0.3) is 0 Å². The molecule has 2 rings (SSSR count). The zero-order valence-electron chi connectivity index (χ0n) is 11.0. The summed E-state index contributed by atoms with van der Waals surface area (Å²) >= 11 is 1.79. The van der Waals surface area contributed by atoms with Gasteiger partial charge in [-0.2, -0.15) is 0 Å². The molecule has 0 spiro atoms. The molecule has 1 heterocycles. The molecule has 0 bridgehead atoms. The molecule has 0 saturated heterocycles. The maximum atomic E-state index is 5.16. The topological polar surface area (TPSA) is 34.1 Å². The van der Waals surface area contributed by atoms with Crippen LogP contribution in [0.15, 0.2) is 24.3 Å². The quantitative estimate of drug-likeness (QED) is 0.835. The minimum absolute atomic E-state index is 0.454. The van der Waals surface area contributed by atoms with Gasteiger partial charge in [0, 0.05) is 26.2 Å². The maximum absolute atomic E-state index is 5.16. The van der Waals surface area contributed by atoms with Crippen LogP contribution >= 0.6 is 11.3 Å². The zero-order chi connectivity index (χ0) is 12.8. The first kappa shape index (κ1) is 13.5. The molecule has 3 nitrogen and oxygen atoms in total. The third kappa shape index (κ3) is 3.51. The number of ether oxygens (including phenoxy) is 1. The third-order valence-electron chi connectivity index (χ3n) is 2.92. The second-order valence-corrected chi connectivity index (χ2v) is 5.43. The number of likely N-dealkylation sites (N-methyl/N-ethyl adjacent to an activating group) is 1. The molecule has 18 heavy (non-hydrogen) atoms. The van der Waals surface area contributed by atoms with Crippen LogP contribution in [0.25, 0.3) is 10.2 Å². The number of nitrogens with one attached hydrogen (secondary N) is 1. The number of fused-ring (bicyclic) bond motifs is 1. The van der Waals surface area contributed by atoms with Gasteiger partial charge in [0.1, 0.15) is 0 Å². The van der Waals surface area contributed by atoms with E-state index in [0.29, 0.717) is 6.04 Å². The van der Waals surface area contributed by atoms with E-state index in [0.717, 1.165) is 31.5 Å². The molecule has 98 valence electrons. The zero-order valence-corrected chi connectivity index (χ0v) is 11.8. The predicted molar refractivity (Wildman–Crippen MR) is 77.3 cm³/mol. The number of benzene rings is 1. The number of rotatable bonds is 7. The van der Waals surface area contributed by atoms with Crippen molar-refractivity contribution in [2.24, 2.45) is 0 Å². The monoisotopic (exact) mass is 264 g/mol. The Morgan fingerprint density at radius 2 is 2.22 bits per heavy atom. The van der Waals surface area contributed by atoms with Gasteiger partial charge in [0.2, 0.25) is 0 Å². The summed E-state index contributed by atoms with van der Waals surface area (Å²) in [5.74, 6) is 0. The molecule has 0 aliphatic rings. The molecule has 0 saturated carbocycles. The SMILES string of the molecule is CCNC(CCOC)Cc1nc2ccccc2s1. The first-order valence-electron chi connectivity index (χ1n) is 6.40. The average molecular weight is 264 g/mol. The van der Waals surface area contributed by atoms with Crippen LogP contribution in [-0.4, -0.2) is 31.3 Å². The molecule has 4 heteroatoms. The summed E-state index contributed by atoms with van der Waals surface area (Å²) in [6.45, 7) is 3.92. The molecule has 1 aromatic carbocycles. The molecule has 1 unspecified atom stereocenters. The Labute approximate surface area is 112 Å². The van der Waals surface area contributed by atoms with Crippen LogP contribution in [0.3, 0.4) is 0 Å². The minimum atomic E-state index is 0.454. The van der Waals surface area contributed by atoms with E-state index in [9.17, 15) is 0 Å². The highest BCUT2D eigenvalue weighted by molar-refractivity contribution is 7.18. The van der Waals surface area contributed by atoms with Crippen molar-refractivity contribution in [2.45, 2.75) is 25.8 Å². The van der Waals surface area contributed by atoms with Crippen molar-refractivity contribution in [3.05, 3.63) is 29.3 Å². The fraction of sp³-hybridized carbons (Fsp3) is 0.500. The van der Waals surface area contributed by atoms with E-state index in [2.05, 4.69) is 35.4 Å². The normalized spacial score (nSPS) is 13.0. The van der Waals surface area contributed by atoms with Crippen LogP contribution in [0, 0.1) is 0 Å². The van der Waals surface area contributed by atoms with Crippen molar-refractivity contribution < 1.29 is 4.74 Å². The molecular weight excluding hydrogens is 244 g/mol. The first-order valence-corrected chi connectivity index (χ1v) is 7.22. The highest BCUT2D eigenvalue weighted by Gasteiger charge is 2.11. The van der Waals surface area contributed by atoms with Crippen LogP contribution in [0.5, 0.6) is 0 Å². The van der Waals surface area contributed by atoms with E-state index in [1.165, 1.54) is 9.71 Å². The Morgan fingerprint density at radius 3 is 2.94 bits per heavy atom. The van der Waals surface area contributed by atoms with Gasteiger partial charge in [0.05, 0.1) is 15.2 Å². The molecule has 0 amide bonds. The number of hydrogen-bond acceptors (Lipinski definition) is 4. The lowest BCUT2D eigenvalue weighted by Crippen LogP contribution is -2.32. The van der Waals surface area contributed by atoms with Crippen LogP contribution in [-0.2, 0) is 11.2 Å². The van der Waals surface area contributed by atoms with Crippen LogP contribution in [0.4, 0.5) is 0 Å².